The van der Waals surface area contributed by atoms with Gasteiger partial charge in [-0.1, -0.05) is 95.6 Å². The number of carbonyl (C=O) groups excluding carboxylic acids is 4. The van der Waals surface area contributed by atoms with Crippen LogP contribution in [0.2, 0.25) is 0 Å². The number of pyridine rings is 2. The van der Waals surface area contributed by atoms with Gasteiger partial charge >= 0.3 is 11.9 Å². The van der Waals surface area contributed by atoms with Crippen molar-refractivity contribution >= 4 is 35.1 Å². The van der Waals surface area contributed by atoms with Gasteiger partial charge in [-0.2, -0.15) is 0 Å². The Bertz CT molecular complexity index is 6320. The van der Waals surface area contributed by atoms with Crippen molar-refractivity contribution in [1.82, 2.24) is 67.3 Å². The predicted molar refractivity (Wildman–Crippen MR) is 507 cm³/mol. The molecule has 0 aliphatic rings. The second-order valence-electron chi connectivity index (χ2n) is 28.2. The summed E-state index contributed by atoms with van der Waals surface area (Å²) in [6.07, 6.45) is 28.6. The number of ether oxygens (including phenoxy) is 1. The van der Waals surface area contributed by atoms with Crippen LogP contribution in [0, 0.1) is 71.3 Å². The predicted octanol–water partition coefficient (Wildman–Crippen LogP) is 20.8. The van der Waals surface area contributed by atoms with Crippen LogP contribution in [0.1, 0.15) is 81.9 Å². The normalized spacial score (nSPS) is 9.98. The Labute approximate surface area is 905 Å². The van der Waals surface area contributed by atoms with Gasteiger partial charge in [0.15, 0.2) is 23.1 Å². The summed E-state index contributed by atoms with van der Waals surface area (Å²) >= 11 is 0. The minimum atomic E-state index is -0.990. The number of methoxy groups -OCH3 is 1. The summed E-state index contributed by atoms with van der Waals surface area (Å²) in [5, 5.41) is 50.1. The first-order valence-corrected chi connectivity index (χ1v) is 40.8. The fraction of sp³-hybridized carbons (Fsp3) is 0.135. The molecule has 39 heteroatoms. The van der Waals surface area contributed by atoms with Crippen LogP contribution in [-0.2, 0) is 175 Å². The van der Waals surface area contributed by atoms with Crippen molar-refractivity contribution in [2.24, 2.45) is 28.2 Å². The molecule has 0 bridgehead atoms. The Balaban J connectivity index is 0. The third-order valence-corrected chi connectivity index (χ3v) is 16.7. The molecule has 0 amide bonds. The summed E-state index contributed by atoms with van der Waals surface area (Å²) in [7, 11) is 9.05. The van der Waals surface area contributed by atoms with Crippen LogP contribution in [0.5, 0.6) is 5.75 Å². The van der Waals surface area contributed by atoms with E-state index in [2.05, 4.69) is 105 Å². The SMILES string of the molecule is CC(=O)C=C(C)O.CC(=O)C=C(C)O.CC(=O)C=C(C)O.CC(=O)C=C(C)O.COc1c[c-]c(-c2nccn2C)cc1.Cn1ccnc1-c1[c-]cc(F)cc1F.Cn1ccnc1-c1[c-]cc(F)cc1F.Cn1ccnc1-c1[c-]cccc1.Fc1c[c-]c(-c2nccn2-c2ccccc2)c(F)c1.O=C(O)c1ccccn1.O=C(O)c1ccccn1.[Ir].[Ir].[Ir].[Ir].[Ir].[Ir].[c-]1ccccc1-c1nccn1Cc1ccccc1. The first kappa shape index (κ1) is 131. The number of hydrogen-bond donors (Lipinski definition) is 6. The Morgan fingerprint density at radius 2 is 0.643 bits per heavy atom. The van der Waals surface area contributed by atoms with Crippen molar-refractivity contribution in [3.05, 3.63) is 423 Å². The molecule has 0 atom stereocenters. The van der Waals surface area contributed by atoms with Crippen LogP contribution >= 0.6 is 0 Å². The van der Waals surface area contributed by atoms with Crippen LogP contribution in [0.4, 0.5) is 26.3 Å². The molecule has 0 fully saturated rings. The molecule has 0 spiro atoms. The molecule has 6 radical (unpaired) electrons. The van der Waals surface area contributed by atoms with Crippen molar-refractivity contribution in [2.75, 3.05) is 7.11 Å². The van der Waals surface area contributed by atoms with Gasteiger partial charge in [0, 0.05) is 313 Å². The smallest absolute Gasteiger partial charge is 0.354 e. The summed E-state index contributed by atoms with van der Waals surface area (Å²) in [5.41, 5.74) is 5.82. The maximum absolute atomic E-state index is 13.8. The number of carboxylic acids is 2. The molecule has 764 valence electrons. The van der Waals surface area contributed by atoms with Crippen molar-refractivity contribution in [3.63, 3.8) is 0 Å². The van der Waals surface area contributed by atoms with Crippen LogP contribution in [-0.4, -0.2) is 140 Å². The quantitative estimate of drug-likeness (QED) is 0.0226. The average Bonchev–Trinajstić information content (AvgIpc) is 1.68. The number of aromatic carboxylic acids is 2. The van der Waals surface area contributed by atoms with E-state index in [9.17, 15) is 55.1 Å². The van der Waals surface area contributed by atoms with Gasteiger partial charge in [0.05, 0.1) is 65.1 Å². The minimum absolute atomic E-state index is 0. The summed E-state index contributed by atoms with van der Waals surface area (Å²) in [6, 6.07) is 73.6. The number of allylic oxidation sites excluding steroid dienone is 8. The maximum Gasteiger partial charge on any atom is 0.354 e. The number of carbonyl (C=O) groups is 6. The molecule has 143 heavy (non-hydrogen) atoms. The Morgan fingerprint density at radius 3 is 0.930 bits per heavy atom. The van der Waals surface area contributed by atoms with E-state index in [1.165, 1.54) is 110 Å². The number of benzene rings is 8. The van der Waals surface area contributed by atoms with E-state index in [1.54, 1.807) is 109 Å². The number of para-hydroxylation sites is 1. The van der Waals surface area contributed by atoms with E-state index >= 15 is 0 Å². The summed E-state index contributed by atoms with van der Waals surface area (Å²) in [4.78, 5) is 92.4. The largest absolute Gasteiger partial charge is 0.540 e. The molecule has 27 nitrogen and oxygen atoms in total. The van der Waals surface area contributed by atoms with Gasteiger partial charge in [-0.3, -0.25) is 75.4 Å². The van der Waals surface area contributed by atoms with Gasteiger partial charge in [-0.05, 0) is 97.4 Å². The molecule has 0 aliphatic carbocycles. The number of rotatable bonds is 16. The summed E-state index contributed by atoms with van der Waals surface area (Å²) in [6.45, 7) is 12.2. The van der Waals surface area contributed by atoms with Crippen LogP contribution in [0.25, 0.3) is 74.0 Å². The van der Waals surface area contributed by atoms with E-state index in [0.717, 1.165) is 88.5 Å². The number of halogens is 6. The standard InChI is InChI=1S/C16H13N2.C15H9F2N2.C11H11N2O.2C10H7F2N2.C10H9N2.2C6H5NO2.4C5H8O2.6Ir/c1-3-7-14(8-4-1)13-18-12-11-17-16(18)15-9-5-2-6-10-15;16-11-6-7-13(14(17)10-11)15-18-8-9-19(15)12-4-2-1-3-5-12;1-13-8-7-12-11(13)9-3-5-10(14-2)6-4-9;2*1-14-5-4-13-10(14)8-3-2-7(11)6-9(8)12;1-12-8-7-11-10(12)9-5-3-2-4-6-9;2*8-6(9)5-3-1-2-4-7-5;4*1-4(6)3-5(2)7;;;;;;/h1-9,11-12H,13H2;1-6,8-10H;3,5-8H,1-2H3;2*2,4-6H,1H3;2-5,7-8H,1H3;2*1-4H,(H,8,9);4*3,6H,1-2H3;;;;;;/q6*-1;;;;;;;;;;;;. The average molecular weight is 3020 g/mol. The molecule has 8 aromatic carbocycles. The molecule has 8 aromatic heterocycles. The van der Waals surface area contributed by atoms with Crippen molar-refractivity contribution in [1.29, 1.82) is 0 Å². The molecule has 0 saturated heterocycles. The summed E-state index contributed by atoms with van der Waals surface area (Å²) < 4.78 is 94.6. The van der Waals surface area contributed by atoms with E-state index in [1.807, 2.05) is 151 Å². The van der Waals surface area contributed by atoms with Gasteiger partial charge in [0.25, 0.3) is 0 Å². The van der Waals surface area contributed by atoms with Gasteiger partial charge in [0.1, 0.15) is 11.4 Å². The summed E-state index contributed by atoms with van der Waals surface area (Å²) in [5.74, 6) is -1.26. The molecule has 16 rings (SSSR count). The number of aromatic nitrogens is 14. The van der Waals surface area contributed by atoms with Crippen LogP contribution in [0.15, 0.2) is 334 Å². The van der Waals surface area contributed by atoms with Gasteiger partial charge in [0.2, 0.25) is 0 Å². The number of aliphatic hydroxyl groups is 4. The second-order valence-corrected chi connectivity index (χ2v) is 28.2. The molecule has 0 saturated carbocycles. The minimum Gasteiger partial charge on any atom is -0.540 e. The number of aryl methyl sites for hydroxylation is 4. The van der Waals surface area contributed by atoms with E-state index in [4.69, 9.17) is 35.4 Å². The van der Waals surface area contributed by atoms with Crippen molar-refractivity contribution in [2.45, 2.75) is 61.9 Å². The molecule has 0 aliphatic heterocycles. The number of imidazole rings is 6. The van der Waals surface area contributed by atoms with Crippen LogP contribution < -0.4 is 4.74 Å². The first-order valence-electron chi connectivity index (χ1n) is 40.8. The van der Waals surface area contributed by atoms with Crippen molar-refractivity contribution < 1.29 is 211 Å². The number of ketones is 4. The zero-order chi connectivity index (χ0) is 101. The van der Waals surface area contributed by atoms with Gasteiger partial charge in [-0.25, -0.2) is 19.6 Å². The Hall–Kier alpha value is -13.6. The van der Waals surface area contributed by atoms with Crippen LogP contribution in [0.3, 0.4) is 0 Å². The molecular formula is C104H98F6Ir6N14O13-6. The van der Waals surface area contributed by atoms with Gasteiger partial charge < -0.3 is 62.8 Å². The topological polar surface area (TPSA) is 366 Å². The molecule has 0 unspecified atom stereocenters. The van der Waals surface area contributed by atoms with E-state index in [-0.39, 0.29) is 195 Å². The molecule has 8 heterocycles. The number of nitrogens with zero attached hydrogens (tertiary/aromatic N) is 14. The molecular weight excluding hydrogens is 2920 g/mol. The fourth-order valence-corrected chi connectivity index (χ4v) is 11.0. The van der Waals surface area contributed by atoms with Gasteiger partial charge in [-0.15, -0.1) is 138 Å². The third-order valence-electron chi connectivity index (χ3n) is 16.7. The molecule has 16 aromatic rings. The zero-order valence-corrected chi connectivity index (χ0v) is 93.1. The van der Waals surface area contributed by atoms with E-state index < -0.39 is 46.8 Å². The monoisotopic (exact) mass is 3020 g/mol. The fourth-order valence-electron chi connectivity index (χ4n) is 11.0. The second kappa shape index (κ2) is 71.8. The molecule has 6 N–H and O–H groups in total. The van der Waals surface area contributed by atoms with E-state index in [0.29, 0.717) is 17.5 Å². The zero-order valence-electron chi connectivity index (χ0n) is 78.7. The third kappa shape index (κ3) is 50.6. The Morgan fingerprint density at radius 1 is 0.329 bits per heavy atom. The first-order chi connectivity index (χ1) is 65.3. The Kier molecular flexibility index (Phi) is 65.9. The number of aliphatic hydroxyl groups excluding tert-OH is 4. The maximum atomic E-state index is 13.8. The number of carboxylic acid groups (broad SMARTS) is 2. The number of hydrogen-bond acceptors (Lipinski definition) is 19. The van der Waals surface area contributed by atoms with Crippen molar-refractivity contribution in [3.8, 4) is 79.8 Å².